The molecule has 0 N–H and O–H groups in total. The minimum Gasteiger partial charge on any atom is -0.502 e. The second kappa shape index (κ2) is 4.70. The maximum absolute atomic E-state index is 5.05. The Balaban J connectivity index is 2.59. The molecule has 0 aliphatic rings. The first-order chi connectivity index (χ1) is 6.24. The van der Waals surface area contributed by atoms with E-state index < -0.39 is 0 Å². The molecule has 1 heteroatoms. The molecule has 1 aromatic carbocycles. The Kier molecular flexibility index (Phi) is 3.56. The third kappa shape index (κ3) is 2.94. The summed E-state index contributed by atoms with van der Waals surface area (Å²) in [6, 6.07) is 10.4. The summed E-state index contributed by atoms with van der Waals surface area (Å²) >= 11 is 0. The molecule has 1 unspecified atom stereocenters. The zero-order valence-corrected chi connectivity index (χ0v) is 8.29. The predicted molar refractivity (Wildman–Crippen MR) is 55.6 cm³/mol. The molecule has 1 atom stereocenters. The molecule has 13 heavy (non-hydrogen) atoms. The lowest BCUT2D eigenvalue weighted by atomic mass is 9.97. The average molecular weight is 176 g/mol. The summed E-state index contributed by atoms with van der Waals surface area (Å²) in [4.78, 5) is 0. The van der Waals surface area contributed by atoms with Crippen molar-refractivity contribution >= 4 is 0 Å². The van der Waals surface area contributed by atoms with Crippen molar-refractivity contribution in [3.8, 4) is 0 Å². The van der Waals surface area contributed by atoms with Crippen LogP contribution in [-0.4, -0.2) is 7.11 Å². The van der Waals surface area contributed by atoms with E-state index in [1.165, 1.54) is 5.56 Å². The normalized spacial score (nSPS) is 12.2. The molecule has 1 nitrogen and oxygen atoms in total. The summed E-state index contributed by atoms with van der Waals surface area (Å²) in [5.41, 5.74) is 1.33. The van der Waals surface area contributed by atoms with Crippen LogP contribution in [0.4, 0.5) is 0 Å². The summed E-state index contributed by atoms with van der Waals surface area (Å²) in [6.07, 6.45) is 0.889. The van der Waals surface area contributed by atoms with Gasteiger partial charge in [-0.05, 0) is 11.5 Å². The van der Waals surface area contributed by atoms with Gasteiger partial charge in [0.15, 0.2) is 0 Å². The zero-order chi connectivity index (χ0) is 9.68. The molecule has 0 saturated carbocycles. The SMILES string of the molecule is C=C(CC(C)c1ccccc1)OC. The first kappa shape index (κ1) is 9.85. The lowest BCUT2D eigenvalue weighted by Gasteiger charge is -2.12. The van der Waals surface area contributed by atoms with E-state index in [4.69, 9.17) is 4.74 Å². The maximum atomic E-state index is 5.05. The highest BCUT2D eigenvalue weighted by molar-refractivity contribution is 5.19. The van der Waals surface area contributed by atoms with Crippen molar-refractivity contribution in [2.75, 3.05) is 7.11 Å². The molecule has 0 aliphatic heterocycles. The lowest BCUT2D eigenvalue weighted by Crippen LogP contribution is -1.96. The van der Waals surface area contributed by atoms with Crippen LogP contribution in [-0.2, 0) is 4.74 Å². The maximum Gasteiger partial charge on any atom is 0.0889 e. The van der Waals surface area contributed by atoms with Crippen molar-refractivity contribution in [3.05, 3.63) is 48.2 Å². The van der Waals surface area contributed by atoms with Gasteiger partial charge in [0.05, 0.1) is 12.9 Å². The van der Waals surface area contributed by atoms with E-state index in [1.54, 1.807) is 7.11 Å². The second-order valence-electron chi connectivity index (χ2n) is 3.26. The van der Waals surface area contributed by atoms with E-state index in [-0.39, 0.29) is 0 Å². The Morgan fingerprint density at radius 2 is 2.00 bits per heavy atom. The highest BCUT2D eigenvalue weighted by Crippen LogP contribution is 2.21. The Bertz CT molecular complexity index is 264. The van der Waals surface area contributed by atoms with Gasteiger partial charge in [-0.1, -0.05) is 43.8 Å². The third-order valence-corrected chi connectivity index (χ3v) is 2.19. The van der Waals surface area contributed by atoms with E-state index in [0.29, 0.717) is 5.92 Å². The van der Waals surface area contributed by atoms with Crippen LogP contribution in [0.5, 0.6) is 0 Å². The molecule has 1 aromatic rings. The number of methoxy groups -OCH3 is 1. The molecule has 0 spiro atoms. The molecule has 0 saturated heterocycles. The van der Waals surface area contributed by atoms with Crippen molar-refractivity contribution < 1.29 is 4.74 Å². The van der Waals surface area contributed by atoms with Crippen molar-refractivity contribution in [1.82, 2.24) is 0 Å². The van der Waals surface area contributed by atoms with Gasteiger partial charge in [0.1, 0.15) is 0 Å². The first-order valence-corrected chi connectivity index (χ1v) is 4.50. The van der Waals surface area contributed by atoms with Crippen LogP contribution in [0.25, 0.3) is 0 Å². The summed E-state index contributed by atoms with van der Waals surface area (Å²) in [5.74, 6) is 1.32. The summed E-state index contributed by atoms with van der Waals surface area (Å²) in [5, 5.41) is 0. The fourth-order valence-electron chi connectivity index (χ4n) is 1.32. The molecule has 0 amide bonds. The minimum atomic E-state index is 0.480. The lowest BCUT2D eigenvalue weighted by molar-refractivity contribution is 0.274. The van der Waals surface area contributed by atoms with Crippen molar-refractivity contribution in [3.63, 3.8) is 0 Å². The third-order valence-electron chi connectivity index (χ3n) is 2.19. The van der Waals surface area contributed by atoms with E-state index in [9.17, 15) is 0 Å². The van der Waals surface area contributed by atoms with Crippen LogP contribution in [0, 0.1) is 0 Å². The number of ether oxygens (including phenoxy) is 1. The highest BCUT2D eigenvalue weighted by Gasteiger charge is 2.06. The molecule has 70 valence electrons. The van der Waals surface area contributed by atoms with Gasteiger partial charge in [0, 0.05) is 6.42 Å². The van der Waals surface area contributed by atoms with Gasteiger partial charge in [0.2, 0.25) is 0 Å². The number of rotatable bonds is 4. The second-order valence-corrected chi connectivity index (χ2v) is 3.26. The molecule has 0 aromatic heterocycles. The van der Waals surface area contributed by atoms with E-state index >= 15 is 0 Å². The molecular formula is C12H16O. The minimum absolute atomic E-state index is 0.480. The van der Waals surface area contributed by atoms with Crippen molar-refractivity contribution in [1.29, 1.82) is 0 Å². The molecule has 0 heterocycles. The van der Waals surface area contributed by atoms with Crippen LogP contribution in [0.15, 0.2) is 42.7 Å². The van der Waals surface area contributed by atoms with E-state index in [2.05, 4.69) is 37.8 Å². The standard InChI is InChI=1S/C12H16O/c1-10(9-11(2)13-3)12-7-5-4-6-8-12/h4-8,10H,2,9H2,1,3H3. The summed E-state index contributed by atoms with van der Waals surface area (Å²) in [7, 11) is 1.67. The van der Waals surface area contributed by atoms with Gasteiger partial charge < -0.3 is 4.74 Å². The fourth-order valence-corrected chi connectivity index (χ4v) is 1.32. The van der Waals surface area contributed by atoms with Crippen LogP contribution >= 0.6 is 0 Å². The monoisotopic (exact) mass is 176 g/mol. The van der Waals surface area contributed by atoms with Crippen LogP contribution in [0.2, 0.25) is 0 Å². The Hall–Kier alpha value is -1.24. The van der Waals surface area contributed by atoms with Gasteiger partial charge in [0.25, 0.3) is 0 Å². The summed E-state index contributed by atoms with van der Waals surface area (Å²) in [6.45, 7) is 6.00. The number of benzene rings is 1. The van der Waals surface area contributed by atoms with Crippen LogP contribution in [0.3, 0.4) is 0 Å². The highest BCUT2D eigenvalue weighted by atomic mass is 16.5. The van der Waals surface area contributed by atoms with Crippen LogP contribution in [0.1, 0.15) is 24.8 Å². The number of hydrogen-bond donors (Lipinski definition) is 0. The van der Waals surface area contributed by atoms with Gasteiger partial charge in [-0.2, -0.15) is 0 Å². The van der Waals surface area contributed by atoms with Gasteiger partial charge in [-0.15, -0.1) is 0 Å². The van der Waals surface area contributed by atoms with Gasteiger partial charge in [-0.25, -0.2) is 0 Å². The molecular weight excluding hydrogens is 160 g/mol. The molecule has 1 rings (SSSR count). The Morgan fingerprint density at radius 1 is 1.38 bits per heavy atom. The molecule has 0 fully saturated rings. The summed E-state index contributed by atoms with van der Waals surface area (Å²) < 4.78 is 5.05. The van der Waals surface area contributed by atoms with Gasteiger partial charge >= 0.3 is 0 Å². The quantitative estimate of drug-likeness (QED) is 0.639. The predicted octanol–water partition coefficient (Wildman–Crippen LogP) is 3.34. The number of allylic oxidation sites excluding steroid dienone is 1. The van der Waals surface area contributed by atoms with E-state index in [1.807, 2.05) is 6.07 Å². The van der Waals surface area contributed by atoms with Crippen molar-refractivity contribution in [2.45, 2.75) is 19.3 Å². The van der Waals surface area contributed by atoms with Gasteiger partial charge in [-0.3, -0.25) is 0 Å². The molecule has 0 bridgehead atoms. The van der Waals surface area contributed by atoms with E-state index in [0.717, 1.165) is 12.2 Å². The van der Waals surface area contributed by atoms with Crippen LogP contribution < -0.4 is 0 Å². The fraction of sp³-hybridized carbons (Fsp3) is 0.333. The average Bonchev–Trinajstić information content (AvgIpc) is 2.19. The smallest absolute Gasteiger partial charge is 0.0889 e. The number of hydrogen-bond acceptors (Lipinski definition) is 1. The Morgan fingerprint density at radius 3 is 2.54 bits per heavy atom. The Labute approximate surface area is 80.0 Å². The topological polar surface area (TPSA) is 9.23 Å². The first-order valence-electron chi connectivity index (χ1n) is 4.50. The molecule has 0 aliphatic carbocycles. The zero-order valence-electron chi connectivity index (χ0n) is 8.29. The largest absolute Gasteiger partial charge is 0.502 e. The molecule has 0 radical (unpaired) electrons. The van der Waals surface area contributed by atoms with Crippen molar-refractivity contribution in [2.24, 2.45) is 0 Å².